The summed E-state index contributed by atoms with van der Waals surface area (Å²) >= 11 is 0. The fraction of sp³-hybridized carbons (Fsp3) is 0.800. The molecule has 6 heteroatoms. The molecule has 0 aliphatic carbocycles. The van der Waals surface area contributed by atoms with Gasteiger partial charge in [0.15, 0.2) is 0 Å². The van der Waals surface area contributed by atoms with Gasteiger partial charge in [0.25, 0.3) is 0 Å². The highest BCUT2D eigenvalue weighted by molar-refractivity contribution is 7.89. The van der Waals surface area contributed by atoms with Crippen LogP contribution in [0.5, 0.6) is 0 Å². The zero-order valence-electron chi connectivity index (χ0n) is 9.55. The number of ether oxygens (including phenoxy) is 1. The van der Waals surface area contributed by atoms with Crippen molar-refractivity contribution in [2.24, 2.45) is 0 Å². The molecule has 0 bridgehead atoms. The van der Waals surface area contributed by atoms with E-state index in [1.807, 2.05) is 6.08 Å². The first-order valence-electron chi connectivity index (χ1n) is 5.35. The SMILES string of the molecule is COCC1=CCN(S(=O)(=O)CCCO)CC1. The molecule has 1 N–H and O–H groups in total. The monoisotopic (exact) mass is 249 g/mol. The zero-order valence-corrected chi connectivity index (χ0v) is 10.4. The molecule has 0 amide bonds. The molecule has 1 aliphatic heterocycles. The first-order valence-corrected chi connectivity index (χ1v) is 6.96. The van der Waals surface area contributed by atoms with Crippen molar-refractivity contribution >= 4 is 10.0 Å². The summed E-state index contributed by atoms with van der Waals surface area (Å²) in [5.74, 6) is 0.0248. The maximum atomic E-state index is 11.8. The predicted octanol–water partition coefficient (Wildman–Crippen LogP) is -0.0229. The maximum absolute atomic E-state index is 11.8. The van der Waals surface area contributed by atoms with Crippen LogP contribution in [0.4, 0.5) is 0 Å². The molecule has 0 aromatic rings. The molecule has 0 spiro atoms. The summed E-state index contributed by atoms with van der Waals surface area (Å²) in [5.41, 5.74) is 1.15. The van der Waals surface area contributed by atoms with Gasteiger partial charge in [-0.25, -0.2) is 8.42 Å². The highest BCUT2D eigenvalue weighted by Crippen LogP contribution is 2.14. The quantitative estimate of drug-likeness (QED) is 0.672. The second-order valence-electron chi connectivity index (χ2n) is 3.80. The average Bonchev–Trinajstić information content (AvgIpc) is 2.28. The second-order valence-corrected chi connectivity index (χ2v) is 5.89. The second kappa shape index (κ2) is 6.34. The van der Waals surface area contributed by atoms with Gasteiger partial charge in [-0.15, -0.1) is 0 Å². The van der Waals surface area contributed by atoms with E-state index in [1.165, 1.54) is 4.31 Å². The van der Waals surface area contributed by atoms with Crippen molar-refractivity contribution in [1.29, 1.82) is 0 Å². The molecule has 16 heavy (non-hydrogen) atoms. The Morgan fingerprint density at radius 2 is 2.31 bits per heavy atom. The third-order valence-corrected chi connectivity index (χ3v) is 4.47. The molecular weight excluding hydrogens is 230 g/mol. The van der Waals surface area contributed by atoms with Crippen molar-refractivity contribution in [3.63, 3.8) is 0 Å². The van der Waals surface area contributed by atoms with Crippen molar-refractivity contribution in [2.45, 2.75) is 12.8 Å². The van der Waals surface area contributed by atoms with Gasteiger partial charge < -0.3 is 9.84 Å². The summed E-state index contributed by atoms with van der Waals surface area (Å²) in [4.78, 5) is 0. The Hall–Kier alpha value is -0.430. The van der Waals surface area contributed by atoms with Crippen molar-refractivity contribution in [3.05, 3.63) is 11.6 Å². The minimum absolute atomic E-state index is 0.0248. The third-order valence-electron chi connectivity index (χ3n) is 2.55. The van der Waals surface area contributed by atoms with Gasteiger partial charge in [-0.05, 0) is 18.4 Å². The van der Waals surface area contributed by atoms with Crippen molar-refractivity contribution in [2.75, 3.05) is 39.2 Å². The number of sulfonamides is 1. The lowest BCUT2D eigenvalue weighted by molar-refractivity contribution is 0.219. The molecule has 0 fully saturated rings. The van der Waals surface area contributed by atoms with Crippen LogP contribution in [0.1, 0.15) is 12.8 Å². The summed E-state index contributed by atoms with van der Waals surface area (Å²) in [7, 11) is -1.57. The fourth-order valence-corrected chi connectivity index (χ4v) is 3.06. The summed E-state index contributed by atoms with van der Waals surface area (Å²) in [6, 6.07) is 0. The van der Waals surface area contributed by atoms with Crippen LogP contribution in [-0.4, -0.2) is 57.0 Å². The van der Waals surface area contributed by atoms with E-state index in [-0.39, 0.29) is 12.4 Å². The molecule has 1 heterocycles. The van der Waals surface area contributed by atoms with Gasteiger partial charge in [-0.1, -0.05) is 6.08 Å². The van der Waals surface area contributed by atoms with Gasteiger partial charge in [0.05, 0.1) is 12.4 Å². The Bertz CT molecular complexity index is 337. The van der Waals surface area contributed by atoms with Gasteiger partial charge >= 0.3 is 0 Å². The molecular formula is C10H19NO4S. The van der Waals surface area contributed by atoms with Gasteiger partial charge in [0.2, 0.25) is 10.0 Å². The molecule has 0 radical (unpaired) electrons. The van der Waals surface area contributed by atoms with Crippen LogP contribution >= 0.6 is 0 Å². The van der Waals surface area contributed by atoms with Crippen LogP contribution in [0.2, 0.25) is 0 Å². The molecule has 0 aromatic heterocycles. The van der Waals surface area contributed by atoms with E-state index in [9.17, 15) is 8.42 Å². The lowest BCUT2D eigenvalue weighted by atomic mass is 10.1. The number of nitrogens with zero attached hydrogens (tertiary/aromatic N) is 1. The Morgan fingerprint density at radius 1 is 1.56 bits per heavy atom. The average molecular weight is 249 g/mol. The smallest absolute Gasteiger partial charge is 0.214 e. The van der Waals surface area contributed by atoms with Crippen LogP contribution in [-0.2, 0) is 14.8 Å². The van der Waals surface area contributed by atoms with Gasteiger partial charge in [0, 0.05) is 26.8 Å². The van der Waals surface area contributed by atoms with E-state index in [1.54, 1.807) is 7.11 Å². The summed E-state index contributed by atoms with van der Waals surface area (Å²) < 4.78 is 30.0. The van der Waals surface area contributed by atoms with Crippen molar-refractivity contribution < 1.29 is 18.3 Å². The van der Waals surface area contributed by atoms with Crippen LogP contribution < -0.4 is 0 Å². The highest BCUT2D eigenvalue weighted by atomic mass is 32.2. The summed E-state index contributed by atoms with van der Waals surface area (Å²) in [5, 5.41) is 8.63. The molecule has 0 aromatic carbocycles. The lowest BCUT2D eigenvalue weighted by Crippen LogP contribution is -2.37. The lowest BCUT2D eigenvalue weighted by Gasteiger charge is -2.25. The van der Waals surface area contributed by atoms with E-state index >= 15 is 0 Å². The summed E-state index contributed by atoms with van der Waals surface area (Å²) in [6.45, 7) is 1.43. The topological polar surface area (TPSA) is 66.8 Å². The predicted molar refractivity (Wildman–Crippen MR) is 61.6 cm³/mol. The normalized spacial score (nSPS) is 18.5. The van der Waals surface area contributed by atoms with Gasteiger partial charge in [-0.3, -0.25) is 0 Å². The number of hydrogen-bond acceptors (Lipinski definition) is 4. The Morgan fingerprint density at radius 3 is 2.81 bits per heavy atom. The molecule has 1 rings (SSSR count). The Kier molecular flexibility index (Phi) is 5.40. The molecule has 0 atom stereocenters. The minimum atomic E-state index is -3.20. The van der Waals surface area contributed by atoms with Crippen molar-refractivity contribution in [1.82, 2.24) is 4.31 Å². The fourth-order valence-electron chi connectivity index (χ4n) is 1.64. The van der Waals surface area contributed by atoms with E-state index < -0.39 is 10.0 Å². The van der Waals surface area contributed by atoms with Crippen LogP contribution in [0.15, 0.2) is 11.6 Å². The van der Waals surface area contributed by atoms with Crippen LogP contribution in [0, 0.1) is 0 Å². The minimum Gasteiger partial charge on any atom is -0.396 e. The standard InChI is InChI=1S/C10H19NO4S/c1-15-9-10-3-5-11(6-4-10)16(13,14)8-2-7-12/h3,12H,2,4-9H2,1H3. The Balaban J connectivity index is 2.52. The zero-order chi connectivity index (χ0) is 12.0. The highest BCUT2D eigenvalue weighted by Gasteiger charge is 2.23. The third kappa shape index (κ3) is 3.86. The molecule has 5 nitrogen and oxygen atoms in total. The van der Waals surface area contributed by atoms with Crippen molar-refractivity contribution in [3.8, 4) is 0 Å². The largest absolute Gasteiger partial charge is 0.396 e. The Labute approximate surface area is 96.8 Å². The first kappa shape index (κ1) is 13.6. The number of aliphatic hydroxyl groups excluding tert-OH is 1. The van der Waals surface area contributed by atoms with E-state index in [2.05, 4.69) is 0 Å². The number of methoxy groups -OCH3 is 1. The molecule has 0 unspecified atom stereocenters. The van der Waals surface area contributed by atoms with Gasteiger partial charge in [-0.2, -0.15) is 4.31 Å². The number of rotatable bonds is 6. The molecule has 94 valence electrons. The maximum Gasteiger partial charge on any atom is 0.214 e. The van der Waals surface area contributed by atoms with E-state index in [0.717, 1.165) is 12.0 Å². The van der Waals surface area contributed by atoms with Crippen LogP contribution in [0.25, 0.3) is 0 Å². The summed E-state index contributed by atoms with van der Waals surface area (Å²) in [6.07, 6.45) is 2.93. The van der Waals surface area contributed by atoms with Gasteiger partial charge in [0.1, 0.15) is 0 Å². The van der Waals surface area contributed by atoms with E-state index in [4.69, 9.17) is 9.84 Å². The molecule has 0 saturated carbocycles. The number of aliphatic hydroxyl groups is 1. The van der Waals surface area contributed by atoms with E-state index in [0.29, 0.717) is 26.1 Å². The molecule has 0 saturated heterocycles. The number of hydrogen-bond donors (Lipinski definition) is 1. The molecule has 1 aliphatic rings. The van der Waals surface area contributed by atoms with Crippen LogP contribution in [0.3, 0.4) is 0 Å². The first-order chi connectivity index (χ1) is 7.60.